The summed E-state index contributed by atoms with van der Waals surface area (Å²) in [4.78, 5) is 14.7. The van der Waals surface area contributed by atoms with E-state index in [0.717, 1.165) is 0 Å². The van der Waals surface area contributed by atoms with E-state index in [0.29, 0.717) is 10.6 Å². The van der Waals surface area contributed by atoms with Crippen LogP contribution in [0.2, 0.25) is 5.02 Å². The van der Waals surface area contributed by atoms with Crippen LogP contribution in [-0.4, -0.2) is 17.0 Å². The van der Waals surface area contributed by atoms with E-state index < -0.39 is 10.7 Å². The first-order chi connectivity index (χ1) is 10.3. The lowest BCUT2D eigenvalue weighted by Crippen LogP contribution is -2.02. The van der Waals surface area contributed by atoms with Gasteiger partial charge in [0.25, 0.3) is 5.69 Å². The third-order valence-electron chi connectivity index (χ3n) is 2.98. The Morgan fingerprint density at radius 2 is 2.09 bits per heavy atom. The first-order valence-corrected chi connectivity index (χ1v) is 6.57. The van der Waals surface area contributed by atoms with Gasteiger partial charge in [-0.3, -0.25) is 10.1 Å². The van der Waals surface area contributed by atoms with Crippen LogP contribution in [0.25, 0.3) is 16.7 Å². The molecule has 1 heterocycles. The molecule has 7 heteroatoms. The number of hydrogen-bond donors (Lipinski definition) is 0. The third kappa shape index (κ3) is 2.92. The van der Waals surface area contributed by atoms with Crippen molar-refractivity contribution in [1.82, 2.24) is 4.98 Å². The summed E-state index contributed by atoms with van der Waals surface area (Å²) in [5.74, 6) is -0.522. The van der Waals surface area contributed by atoms with E-state index in [1.807, 2.05) is 0 Å². The summed E-state index contributed by atoms with van der Waals surface area (Å²) in [6, 6.07) is 5.14. The number of halogens is 2. The molecule has 2 aromatic rings. The molecule has 0 unspecified atom stereocenters. The number of allylic oxidation sites excluding steroid dienone is 1. The summed E-state index contributed by atoms with van der Waals surface area (Å²) in [5.41, 5.74) is 0.450. The molecule has 1 aromatic carbocycles. The van der Waals surface area contributed by atoms with Gasteiger partial charge in [-0.2, -0.15) is 0 Å². The highest BCUT2D eigenvalue weighted by Gasteiger charge is 2.23. The van der Waals surface area contributed by atoms with Crippen molar-refractivity contribution in [2.75, 3.05) is 7.11 Å². The van der Waals surface area contributed by atoms with E-state index in [4.69, 9.17) is 16.3 Å². The number of ether oxygens (including phenoxy) is 1. The van der Waals surface area contributed by atoms with Gasteiger partial charge in [0.05, 0.1) is 17.6 Å². The summed E-state index contributed by atoms with van der Waals surface area (Å²) in [5, 5.41) is 11.5. The lowest BCUT2D eigenvalue weighted by Gasteiger charge is -2.11. The average molecular weight is 323 g/mol. The van der Waals surface area contributed by atoms with E-state index >= 15 is 0 Å². The second-order valence-electron chi connectivity index (χ2n) is 4.57. The highest BCUT2D eigenvalue weighted by Crippen LogP contribution is 2.37. The Bertz CT molecular complexity index is 778. The molecule has 0 saturated heterocycles. The minimum atomic E-state index is -0.595. The van der Waals surface area contributed by atoms with Gasteiger partial charge in [-0.1, -0.05) is 18.2 Å². The van der Waals surface area contributed by atoms with Crippen LogP contribution in [0.3, 0.4) is 0 Å². The summed E-state index contributed by atoms with van der Waals surface area (Å²) in [7, 11) is 1.35. The molecule has 2 rings (SSSR count). The SMILES string of the molecule is C=C(C)c1nc(OC)c(-c2cc(Cl)ccc2F)cc1[N+](=O)[O-]. The van der Waals surface area contributed by atoms with Crippen LogP contribution in [0, 0.1) is 15.9 Å². The number of rotatable bonds is 4. The molecule has 5 nitrogen and oxygen atoms in total. The molecule has 0 amide bonds. The van der Waals surface area contributed by atoms with Gasteiger partial charge in [-0.05, 0) is 30.7 Å². The van der Waals surface area contributed by atoms with Crippen LogP contribution in [0.4, 0.5) is 10.1 Å². The van der Waals surface area contributed by atoms with Crippen LogP contribution < -0.4 is 4.74 Å². The fourth-order valence-corrected chi connectivity index (χ4v) is 2.16. The molecule has 0 aliphatic heterocycles. The Morgan fingerprint density at radius 1 is 1.41 bits per heavy atom. The van der Waals surface area contributed by atoms with Gasteiger partial charge in [-0.15, -0.1) is 0 Å². The largest absolute Gasteiger partial charge is 0.481 e. The zero-order valence-electron chi connectivity index (χ0n) is 11.9. The summed E-state index contributed by atoms with van der Waals surface area (Å²) in [6.07, 6.45) is 0. The van der Waals surface area contributed by atoms with Gasteiger partial charge < -0.3 is 4.74 Å². The second-order valence-corrected chi connectivity index (χ2v) is 5.01. The molecule has 0 aliphatic carbocycles. The predicted octanol–water partition coefficient (Wildman–Crippen LogP) is 4.49. The first-order valence-electron chi connectivity index (χ1n) is 6.20. The molecule has 0 saturated carbocycles. The number of nitrogens with zero attached hydrogens (tertiary/aromatic N) is 2. The fraction of sp³-hybridized carbons (Fsp3) is 0.133. The molecule has 0 bridgehead atoms. The topological polar surface area (TPSA) is 65.3 Å². The van der Waals surface area contributed by atoms with Crippen LogP contribution in [0.15, 0.2) is 30.8 Å². The zero-order chi connectivity index (χ0) is 16.4. The number of methoxy groups -OCH3 is 1. The Balaban J connectivity index is 2.80. The molecule has 0 N–H and O–H groups in total. The van der Waals surface area contributed by atoms with Gasteiger partial charge in [0.1, 0.15) is 11.5 Å². The molecule has 0 radical (unpaired) electrons. The zero-order valence-corrected chi connectivity index (χ0v) is 12.6. The lowest BCUT2D eigenvalue weighted by molar-refractivity contribution is -0.385. The van der Waals surface area contributed by atoms with Crippen LogP contribution in [0.1, 0.15) is 12.6 Å². The maximum Gasteiger partial charge on any atom is 0.296 e. The van der Waals surface area contributed by atoms with E-state index in [2.05, 4.69) is 11.6 Å². The van der Waals surface area contributed by atoms with Crippen molar-refractivity contribution in [2.24, 2.45) is 0 Å². The van der Waals surface area contributed by atoms with E-state index in [9.17, 15) is 14.5 Å². The molecule has 22 heavy (non-hydrogen) atoms. The minimum absolute atomic E-state index is 0.0600. The van der Waals surface area contributed by atoms with Crippen LogP contribution in [-0.2, 0) is 0 Å². The molecule has 0 fully saturated rings. The summed E-state index contributed by atoms with van der Waals surface area (Å²) >= 11 is 5.87. The van der Waals surface area contributed by atoms with E-state index in [1.165, 1.54) is 31.4 Å². The minimum Gasteiger partial charge on any atom is -0.481 e. The average Bonchev–Trinajstić information content (AvgIpc) is 2.48. The van der Waals surface area contributed by atoms with Crippen molar-refractivity contribution in [1.29, 1.82) is 0 Å². The molecule has 0 atom stereocenters. The monoisotopic (exact) mass is 322 g/mol. The van der Waals surface area contributed by atoms with Crippen molar-refractivity contribution in [3.05, 3.63) is 57.5 Å². The molecule has 114 valence electrons. The Morgan fingerprint density at radius 3 is 2.64 bits per heavy atom. The van der Waals surface area contributed by atoms with Crippen LogP contribution in [0.5, 0.6) is 5.88 Å². The maximum atomic E-state index is 14.0. The Hall–Kier alpha value is -2.47. The number of hydrogen-bond acceptors (Lipinski definition) is 4. The molecular formula is C15H12ClFN2O3. The van der Waals surface area contributed by atoms with Gasteiger partial charge in [-0.25, -0.2) is 9.37 Å². The van der Waals surface area contributed by atoms with Gasteiger partial charge in [0.15, 0.2) is 0 Å². The first kappa shape index (κ1) is 15.9. The lowest BCUT2D eigenvalue weighted by atomic mass is 10.0. The van der Waals surface area contributed by atoms with E-state index in [-0.39, 0.29) is 28.4 Å². The van der Waals surface area contributed by atoms with Crippen molar-refractivity contribution in [3.8, 4) is 17.0 Å². The number of aromatic nitrogens is 1. The van der Waals surface area contributed by atoms with Crippen molar-refractivity contribution < 1.29 is 14.1 Å². The second kappa shape index (κ2) is 6.11. The van der Waals surface area contributed by atoms with Gasteiger partial charge >= 0.3 is 0 Å². The van der Waals surface area contributed by atoms with Crippen molar-refractivity contribution >= 4 is 22.9 Å². The summed E-state index contributed by atoms with van der Waals surface area (Å²) in [6.45, 7) is 5.25. The van der Waals surface area contributed by atoms with Crippen molar-refractivity contribution in [3.63, 3.8) is 0 Å². The van der Waals surface area contributed by atoms with Crippen molar-refractivity contribution in [2.45, 2.75) is 6.92 Å². The molecule has 0 aliphatic rings. The van der Waals surface area contributed by atoms with Gasteiger partial charge in [0, 0.05) is 16.7 Å². The Labute approximate surface area is 131 Å². The number of benzene rings is 1. The normalized spacial score (nSPS) is 10.4. The summed E-state index contributed by atoms with van der Waals surface area (Å²) < 4.78 is 19.2. The smallest absolute Gasteiger partial charge is 0.296 e. The third-order valence-corrected chi connectivity index (χ3v) is 3.22. The fourth-order valence-electron chi connectivity index (χ4n) is 1.99. The molecule has 1 aromatic heterocycles. The standard InChI is InChI=1S/C15H12ClFN2O3/c1-8(2)14-13(19(20)21)7-11(15(18-14)22-3)10-6-9(16)4-5-12(10)17/h4-7H,1H2,2-3H3. The highest BCUT2D eigenvalue weighted by molar-refractivity contribution is 6.30. The predicted molar refractivity (Wildman–Crippen MR) is 82.6 cm³/mol. The highest BCUT2D eigenvalue weighted by atomic mass is 35.5. The number of pyridine rings is 1. The van der Waals surface area contributed by atoms with Gasteiger partial charge in [0.2, 0.25) is 5.88 Å². The quantitative estimate of drug-likeness (QED) is 0.614. The number of nitro groups is 1. The Kier molecular flexibility index (Phi) is 4.42. The maximum absolute atomic E-state index is 14.0. The van der Waals surface area contributed by atoms with Crippen LogP contribution >= 0.6 is 11.6 Å². The molecular weight excluding hydrogens is 311 g/mol. The molecule has 0 spiro atoms. The van der Waals surface area contributed by atoms with E-state index in [1.54, 1.807) is 6.92 Å².